The topological polar surface area (TPSA) is 17.1 Å². The molecule has 14 heavy (non-hydrogen) atoms. The van der Waals surface area contributed by atoms with E-state index in [0.29, 0.717) is 0 Å². The first-order chi connectivity index (χ1) is 5.98. The molecule has 2 atom stereocenters. The van der Waals surface area contributed by atoms with Crippen LogP contribution in [-0.2, 0) is 4.79 Å². The lowest BCUT2D eigenvalue weighted by molar-refractivity contribution is -0.291. The minimum Gasteiger partial charge on any atom is -0.302 e. The fraction of sp³-hybridized carbons (Fsp3) is 0.833. The van der Waals surface area contributed by atoms with Gasteiger partial charge in [0.05, 0.1) is 0 Å². The lowest BCUT2D eigenvalue weighted by Gasteiger charge is -2.32. The Balaban J connectivity index is 5.17. The Labute approximate surface area is 83.6 Å². The molecule has 8 heteroatoms. The molecule has 0 fully saturated rings. The summed E-state index contributed by atoms with van der Waals surface area (Å²) in [5, 5.41) is 0. The maximum Gasteiger partial charge on any atom is 0.428 e. The number of hydrogen-bond acceptors (Lipinski definition) is 1. The van der Waals surface area contributed by atoms with E-state index in [9.17, 15) is 31.1 Å². The number of aldehydes is 1. The first-order valence-electron chi connectivity index (χ1n) is 3.21. The molecule has 0 aromatic heterocycles. The molecule has 0 rings (SSSR count). The van der Waals surface area contributed by atoms with Gasteiger partial charge in [-0.25, -0.2) is 13.2 Å². The van der Waals surface area contributed by atoms with Crippen molar-refractivity contribution in [1.82, 2.24) is 0 Å². The lowest BCUT2D eigenvalue weighted by Crippen LogP contribution is -2.57. The standard InChI is InChI=1S/C6H5BrF6O/c1-4(8,6(11,12)13)5(9,10)3(7)2-14/h2-3H,1H3. The molecule has 0 aliphatic carbocycles. The molecule has 84 valence electrons. The van der Waals surface area contributed by atoms with Crippen molar-refractivity contribution in [2.24, 2.45) is 0 Å². The predicted molar refractivity (Wildman–Crippen MR) is 39.3 cm³/mol. The monoisotopic (exact) mass is 286 g/mol. The summed E-state index contributed by atoms with van der Waals surface area (Å²) in [4.78, 5) is 7.34. The van der Waals surface area contributed by atoms with Crippen molar-refractivity contribution in [3.05, 3.63) is 0 Å². The summed E-state index contributed by atoms with van der Waals surface area (Å²) in [6.07, 6.45) is -6.24. The molecule has 0 aromatic rings. The molecule has 0 radical (unpaired) electrons. The first-order valence-corrected chi connectivity index (χ1v) is 4.13. The minimum absolute atomic E-state index is 0.315. The van der Waals surface area contributed by atoms with Gasteiger partial charge in [0, 0.05) is 0 Å². The third kappa shape index (κ3) is 2.04. The highest BCUT2D eigenvalue weighted by molar-refractivity contribution is 9.10. The lowest BCUT2D eigenvalue weighted by atomic mass is 9.97. The Morgan fingerprint density at radius 2 is 1.50 bits per heavy atom. The average Bonchev–Trinajstić information content (AvgIpc) is 2.00. The van der Waals surface area contributed by atoms with Crippen molar-refractivity contribution in [2.75, 3.05) is 0 Å². The zero-order valence-electron chi connectivity index (χ0n) is 6.71. The molecule has 0 saturated heterocycles. The second kappa shape index (κ2) is 3.71. The smallest absolute Gasteiger partial charge is 0.302 e. The van der Waals surface area contributed by atoms with Gasteiger partial charge in [0.2, 0.25) is 0 Å². The van der Waals surface area contributed by atoms with Crippen molar-refractivity contribution < 1.29 is 31.1 Å². The van der Waals surface area contributed by atoms with E-state index in [2.05, 4.69) is 0 Å². The highest BCUT2D eigenvalue weighted by Crippen LogP contribution is 2.47. The Bertz CT molecular complexity index is 223. The average molecular weight is 287 g/mol. The third-order valence-corrected chi connectivity index (χ3v) is 2.41. The van der Waals surface area contributed by atoms with Gasteiger partial charge in [0.25, 0.3) is 5.67 Å². The number of carbonyl (C=O) groups excluding carboxylic acids is 1. The molecule has 0 saturated carbocycles. The molecule has 2 unspecified atom stereocenters. The highest BCUT2D eigenvalue weighted by Gasteiger charge is 2.70. The van der Waals surface area contributed by atoms with Crippen LogP contribution in [-0.4, -0.2) is 28.9 Å². The number of halogens is 7. The third-order valence-electron chi connectivity index (χ3n) is 1.62. The fourth-order valence-electron chi connectivity index (χ4n) is 0.533. The van der Waals surface area contributed by atoms with Crippen molar-refractivity contribution in [1.29, 1.82) is 0 Å². The van der Waals surface area contributed by atoms with E-state index in [1.807, 2.05) is 15.9 Å². The van der Waals surface area contributed by atoms with E-state index < -0.39 is 28.9 Å². The number of hydrogen-bond donors (Lipinski definition) is 0. The Morgan fingerprint density at radius 1 is 1.14 bits per heavy atom. The van der Waals surface area contributed by atoms with Gasteiger partial charge in [-0.3, -0.25) is 0 Å². The van der Waals surface area contributed by atoms with Gasteiger partial charge in [0.15, 0.2) is 0 Å². The largest absolute Gasteiger partial charge is 0.428 e. The van der Waals surface area contributed by atoms with Crippen molar-refractivity contribution >= 4 is 22.2 Å². The van der Waals surface area contributed by atoms with Gasteiger partial charge in [-0.2, -0.15) is 13.2 Å². The predicted octanol–water partition coefficient (Wildman–Crippen LogP) is 2.87. The van der Waals surface area contributed by atoms with E-state index in [1.165, 1.54) is 0 Å². The van der Waals surface area contributed by atoms with E-state index in [0.717, 1.165) is 0 Å². The zero-order chi connectivity index (χ0) is 11.8. The van der Waals surface area contributed by atoms with E-state index in [4.69, 9.17) is 0 Å². The summed E-state index contributed by atoms with van der Waals surface area (Å²) < 4.78 is 73.7. The Morgan fingerprint density at radius 3 is 1.71 bits per heavy atom. The molecule has 0 aromatic carbocycles. The molecule has 1 nitrogen and oxygen atoms in total. The second-order valence-electron chi connectivity index (χ2n) is 2.66. The molecular formula is C6H5BrF6O. The quantitative estimate of drug-likeness (QED) is 0.443. The number of carbonyl (C=O) groups is 1. The van der Waals surface area contributed by atoms with Gasteiger partial charge in [-0.15, -0.1) is 0 Å². The summed E-state index contributed by atoms with van der Waals surface area (Å²) in [7, 11) is 0. The molecule has 0 spiro atoms. The Hall–Kier alpha value is -0.270. The van der Waals surface area contributed by atoms with Crippen LogP contribution in [0.3, 0.4) is 0 Å². The molecule has 0 aliphatic rings. The van der Waals surface area contributed by atoms with Crippen LogP contribution in [0, 0.1) is 0 Å². The number of rotatable bonds is 3. The molecule has 0 aliphatic heterocycles. The van der Waals surface area contributed by atoms with Gasteiger partial charge < -0.3 is 4.79 Å². The summed E-state index contributed by atoms with van der Waals surface area (Å²) in [5.74, 6) is -4.85. The minimum atomic E-state index is -5.74. The number of alkyl halides is 7. The normalized spacial score (nSPS) is 20.0. The molecule has 0 heterocycles. The van der Waals surface area contributed by atoms with Crippen LogP contribution in [0.4, 0.5) is 26.3 Å². The molecule has 0 amide bonds. The summed E-state index contributed by atoms with van der Waals surface area (Å²) >= 11 is 1.97. The second-order valence-corrected chi connectivity index (χ2v) is 3.65. The molecule has 0 N–H and O–H groups in total. The highest BCUT2D eigenvalue weighted by atomic mass is 79.9. The van der Waals surface area contributed by atoms with Crippen molar-refractivity contribution in [3.8, 4) is 0 Å². The van der Waals surface area contributed by atoms with Gasteiger partial charge in [-0.1, -0.05) is 15.9 Å². The van der Waals surface area contributed by atoms with Gasteiger partial charge in [-0.05, 0) is 6.92 Å². The van der Waals surface area contributed by atoms with Crippen LogP contribution in [0.5, 0.6) is 0 Å². The van der Waals surface area contributed by atoms with Gasteiger partial charge >= 0.3 is 12.1 Å². The maximum absolute atomic E-state index is 12.7. The SMILES string of the molecule is CC(F)(C(F)(F)F)C(F)(F)C(Br)C=O. The van der Waals surface area contributed by atoms with Crippen molar-refractivity contribution in [3.63, 3.8) is 0 Å². The van der Waals surface area contributed by atoms with Crippen LogP contribution in [0.1, 0.15) is 6.92 Å². The van der Waals surface area contributed by atoms with Crippen LogP contribution in [0.15, 0.2) is 0 Å². The zero-order valence-corrected chi connectivity index (χ0v) is 8.29. The first kappa shape index (κ1) is 13.7. The Kier molecular flexibility index (Phi) is 3.64. The summed E-state index contributed by atoms with van der Waals surface area (Å²) in [5.41, 5.74) is -4.75. The summed E-state index contributed by atoms with van der Waals surface area (Å²) in [6, 6.07) is 0. The maximum atomic E-state index is 12.7. The van der Waals surface area contributed by atoms with Crippen LogP contribution in [0.2, 0.25) is 0 Å². The molecular weight excluding hydrogens is 282 g/mol. The van der Waals surface area contributed by atoms with Crippen LogP contribution in [0.25, 0.3) is 0 Å². The van der Waals surface area contributed by atoms with Crippen LogP contribution >= 0.6 is 15.9 Å². The summed E-state index contributed by atoms with van der Waals surface area (Å²) in [6.45, 7) is -0.315. The molecule has 0 bridgehead atoms. The van der Waals surface area contributed by atoms with E-state index in [-0.39, 0.29) is 6.92 Å². The van der Waals surface area contributed by atoms with Crippen molar-refractivity contribution in [2.45, 2.75) is 29.5 Å². The van der Waals surface area contributed by atoms with Gasteiger partial charge in [0.1, 0.15) is 11.1 Å². The van der Waals surface area contributed by atoms with Crippen LogP contribution < -0.4 is 0 Å². The fourth-order valence-corrected chi connectivity index (χ4v) is 0.963. The van der Waals surface area contributed by atoms with E-state index in [1.54, 1.807) is 0 Å². The van der Waals surface area contributed by atoms with E-state index >= 15 is 0 Å².